The van der Waals surface area contributed by atoms with E-state index in [1.807, 2.05) is 6.92 Å². The van der Waals surface area contributed by atoms with Crippen LogP contribution in [0.15, 0.2) is 0 Å². The molecule has 0 aromatic rings. The van der Waals surface area contributed by atoms with Gasteiger partial charge in [-0.25, -0.2) is 0 Å². The Kier molecular flexibility index (Phi) is 3.02. The van der Waals surface area contributed by atoms with Crippen LogP contribution in [0.5, 0.6) is 0 Å². The summed E-state index contributed by atoms with van der Waals surface area (Å²) >= 11 is 0. The van der Waals surface area contributed by atoms with Gasteiger partial charge in [-0.1, -0.05) is 0 Å². The first kappa shape index (κ1) is 9.44. The quantitative estimate of drug-likeness (QED) is 0.483. The molecule has 0 aromatic heterocycles. The number of nitrogens with one attached hydrogen (secondary N) is 2. The Bertz CT molecular complexity index is 168. The lowest BCUT2D eigenvalue weighted by Crippen LogP contribution is -2.68. The highest BCUT2D eigenvalue weighted by Gasteiger charge is 2.39. The zero-order chi connectivity index (χ0) is 9.03. The number of carboxylic acids is 1. The van der Waals surface area contributed by atoms with Gasteiger partial charge >= 0.3 is 5.97 Å². The molecule has 0 aromatic carbocycles. The second kappa shape index (κ2) is 3.84. The van der Waals surface area contributed by atoms with Gasteiger partial charge in [-0.05, 0) is 6.92 Å². The summed E-state index contributed by atoms with van der Waals surface area (Å²) in [4.78, 5) is 15.4. The maximum absolute atomic E-state index is 10.4. The molecule has 1 saturated heterocycles. The van der Waals surface area contributed by atoms with Gasteiger partial charge in [0, 0.05) is 13.1 Å². The Balaban J connectivity index is 2.34. The lowest BCUT2D eigenvalue weighted by Gasteiger charge is -2.41. The fourth-order valence-electron chi connectivity index (χ4n) is 1.17. The molecule has 3 N–H and O–H groups in total. The van der Waals surface area contributed by atoms with Crippen molar-refractivity contribution < 1.29 is 14.7 Å². The van der Waals surface area contributed by atoms with Crippen molar-refractivity contribution in [3.8, 4) is 0 Å². The number of rotatable bonds is 5. The summed E-state index contributed by atoms with van der Waals surface area (Å²) in [5.74, 6) is -0.802. The van der Waals surface area contributed by atoms with E-state index >= 15 is 0 Å². The van der Waals surface area contributed by atoms with E-state index in [0.717, 1.165) is 0 Å². The highest BCUT2D eigenvalue weighted by molar-refractivity contribution is 5.68. The van der Waals surface area contributed by atoms with E-state index in [1.165, 1.54) is 0 Å². The Labute approximate surface area is 71.0 Å². The topological polar surface area (TPSA) is 70.6 Å². The molecule has 1 aliphatic rings. The summed E-state index contributed by atoms with van der Waals surface area (Å²) in [7, 11) is 0. The van der Waals surface area contributed by atoms with Gasteiger partial charge in [0.05, 0.1) is 18.6 Å². The molecule has 0 amide bonds. The Morgan fingerprint density at radius 1 is 1.75 bits per heavy atom. The van der Waals surface area contributed by atoms with Crippen molar-refractivity contribution in [2.75, 3.05) is 19.7 Å². The van der Waals surface area contributed by atoms with Gasteiger partial charge in [0.15, 0.2) is 0 Å². The van der Waals surface area contributed by atoms with Gasteiger partial charge in [-0.3, -0.25) is 4.79 Å². The summed E-state index contributed by atoms with van der Waals surface area (Å²) in [5.41, 5.74) is 2.38. The third-order valence-electron chi connectivity index (χ3n) is 1.85. The highest BCUT2D eigenvalue weighted by Crippen LogP contribution is 2.15. The van der Waals surface area contributed by atoms with Crippen molar-refractivity contribution in [3.63, 3.8) is 0 Å². The molecule has 5 heteroatoms. The average molecular weight is 174 g/mol. The van der Waals surface area contributed by atoms with Crippen molar-refractivity contribution in [2.45, 2.75) is 18.9 Å². The van der Waals surface area contributed by atoms with Crippen molar-refractivity contribution in [1.29, 1.82) is 0 Å². The van der Waals surface area contributed by atoms with Gasteiger partial charge in [0.2, 0.25) is 0 Å². The van der Waals surface area contributed by atoms with Crippen LogP contribution >= 0.6 is 0 Å². The Morgan fingerprint density at radius 2 is 2.42 bits per heavy atom. The summed E-state index contributed by atoms with van der Waals surface area (Å²) in [6.45, 7) is 3.70. The molecule has 5 nitrogen and oxygen atoms in total. The minimum atomic E-state index is -0.802. The van der Waals surface area contributed by atoms with Crippen LogP contribution in [0.1, 0.15) is 13.3 Å². The number of carboxylic acid groups (broad SMARTS) is 1. The van der Waals surface area contributed by atoms with Crippen LogP contribution in [0.25, 0.3) is 0 Å². The Hall–Kier alpha value is -0.650. The highest BCUT2D eigenvalue weighted by atomic mass is 16.6. The summed E-state index contributed by atoms with van der Waals surface area (Å²) in [6.07, 6.45) is 0.0972. The van der Waals surface area contributed by atoms with E-state index in [9.17, 15) is 4.79 Å². The lowest BCUT2D eigenvalue weighted by atomic mass is 9.90. The standard InChI is InChI=1S/C7H14N2O3/c1-2-12-9-7(3-6(10)11)4-8-5-7/h8-9H,2-5H2,1H3,(H,10,11). The fraction of sp³-hybridized carbons (Fsp3) is 0.857. The summed E-state index contributed by atoms with van der Waals surface area (Å²) in [6, 6.07) is 0. The molecule has 1 rings (SSSR count). The minimum absolute atomic E-state index is 0.0972. The molecule has 1 heterocycles. The molecule has 0 unspecified atom stereocenters. The fourth-order valence-corrected chi connectivity index (χ4v) is 1.17. The predicted molar refractivity (Wildman–Crippen MR) is 42.6 cm³/mol. The predicted octanol–water partition coefficient (Wildman–Crippen LogP) is -0.656. The van der Waals surface area contributed by atoms with Crippen molar-refractivity contribution in [2.24, 2.45) is 0 Å². The molecular formula is C7H14N2O3. The van der Waals surface area contributed by atoms with E-state index in [0.29, 0.717) is 19.7 Å². The lowest BCUT2D eigenvalue weighted by molar-refractivity contribution is -0.142. The number of aliphatic carboxylic acids is 1. The largest absolute Gasteiger partial charge is 0.481 e. The van der Waals surface area contributed by atoms with Crippen LogP contribution in [0.2, 0.25) is 0 Å². The SMILES string of the molecule is CCONC1(CC(=O)O)CNC1. The minimum Gasteiger partial charge on any atom is -0.481 e. The van der Waals surface area contributed by atoms with Crippen LogP contribution in [-0.2, 0) is 9.63 Å². The summed E-state index contributed by atoms with van der Waals surface area (Å²) in [5, 5.41) is 11.6. The molecule has 0 radical (unpaired) electrons. The van der Waals surface area contributed by atoms with E-state index in [4.69, 9.17) is 9.94 Å². The smallest absolute Gasteiger partial charge is 0.305 e. The second-order valence-corrected chi connectivity index (χ2v) is 2.99. The third kappa shape index (κ3) is 2.17. The first-order chi connectivity index (χ1) is 5.68. The maximum Gasteiger partial charge on any atom is 0.305 e. The number of hydrogen-bond acceptors (Lipinski definition) is 4. The van der Waals surface area contributed by atoms with Crippen LogP contribution in [0, 0.1) is 0 Å². The van der Waals surface area contributed by atoms with E-state index < -0.39 is 5.97 Å². The number of hydroxylamine groups is 1. The first-order valence-corrected chi connectivity index (χ1v) is 4.00. The summed E-state index contributed by atoms with van der Waals surface area (Å²) < 4.78 is 0. The van der Waals surface area contributed by atoms with Gasteiger partial charge in [-0.15, -0.1) is 0 Å². The van der Waals surface area contributed by atoms with Crippen molar-refractivity contribution in [3.05, 3.63) is 0 Å². The normalized spacial score (nSPS) is 20.1. The van der Waals surface area contributed by atoms with Gasteiger partial charge in [0.1, 0.15) is 0 Å². The van der Waals surface area contributed by atoms with E-state index in [-0.39, 0.29) is 12.0 Å². The van der Waals surface area contributed by atoms with Crippen molar-refractivity contribution in [1.82, 2.24) is 10.8 Å². The molecule has 1 fully saturated rings. The number of hydrogen-bond donors (Lipinski definition) is 3. The van der Waals surface area contributed by atoms with Crippen LogP contribution in [0.4, 0.5) is 0 Å². The molecule has 0 saturated carbocycles. The van der Waals surface area contributed by atoms with Crippen molar-refractivity contribution >= 4 is 5.97 Å². The number of carbonyl (C=O) groups is 1. The molecular weight excluding hydrogens is 160 g/mol. The van der Waals surface area contributed by atoms with Crippen LogP contribution < -0.4 is 10.8 Å². The molecule has 0 atom stereocenters. The first-order valence-electron chi connectivity index (χ1n) is 4.00. The molecule has 0 bridgehead atoms. The van der Waals surface area contributed by atoms with Crippen LogP contribution in [-0.4, -0.2) is 36.3 Å². The van der Waals surface area contributed by atoms with Gasteiger partial charge < -0.3 is 15.3 Å². The molecule has 0 spiro atoms. The Morgan fingerprint density at radius 3 is 2.75 bits per heavy atom. The molecule has 70 valence electrons. The second-order valence-electron chi connectivity index (χ2n) is 2.99. The van der Waals surface area contributed by atoms with E-state index in [2.05, 4.69) is 10.8 Å². The zero-order valence-corrected chi connectivity index (χ0v) is 7.09. The van der Waals surface area contributed by atoms with E-state index in [1.54, 1.807) is 0 Å². The van der Waals surface area contributed by atoms with Crippen LogP contribution in [0.3, 0.4) is 0 Å². The maximum atomic E-state index is 10.4. The zero-order valence-electron chi connectivity index (χ0n) is 7.09. The molecule has 0 aliphatic carbocycles. The average Bonchev–Trinajstić information content (AvgIpc) is 1.94. The van der Waals surface area contributed by atoms with Gasteiger partial charge in [-0.2, -0.15) is 5.48 Å². The monoisotopic (exact) mass is 174 g/mol. The third-order valence-corrected chi connectivity index (χ3v) is 1.85. The molecule has 1 aliphatic heterocycles. The molecule has 12 heavy (non-hydrogen) atoms. The van der Waals surface area contributed by atoms with Gasteiger partial charge in [0.25, 0.3) is 0 Å².